The Kier molecular flexibility index (Phi) is 4.54. The Bertz CT molecular complexity index is 546. The summed E-state index contributed by atoms with van der Waals surface area (Å²) in [6.07, 6.45) is 4.36. The van der Waals surface area contributed by atoms with E-state index in [0.29, 0.717) is 6.04 Å². The number of hydrogen-bond donors (Lipinski definition) is 1. The number of carbonyl (C=O) groups is 1. The number of methoxy groups -OCH3 is 1. The molecular formula is C17H22INO2. The van der Waals surface area contributed by atoms with Crippen LogP contribution < -0.4 is 5.32 Å². The van der Waals surface area contributed by atoms with Gasteiger partial charge in [-0.25, -0.2) is 0 Å². The molecule has 0 aliphatic carbocycles. The SMILES string of the molecule is CCc1ccc([C@H]2CC3CCC(N3)C2C(=O)OC)cc1I. The maximum absolute atomic E-state index is 12.3. The fourth-order valence-electron chi connectivity index (χ4n) is 3.94. The Hall–Kier alpha value is -0.620. The number of ether oxygens (including phenoxy) is 1. The summed E-state index contributed by atoms with van der Waals surface area (Å²) in [6.45, 7) is 2.18. The lowest BCUT2D eigenvalue weighted by Gasteiger charge is -2.36. The molecule has 0 amide bonds. The van der Waals surface area contributed by atoms with Crippen LogP contribution in [0, 0.1) is 9.49 Å². The quantitative estimate of drug-likeness (QED) is 0.627. The molecule has 0 spiro atoms. The summed E-state index contributed by atoms with van der Waals surface area (Å²) in [5.74, 6) is 0.181. The lowest BCUT2D eigenvalue weighted by molar-refractivity contribution is -0.148. The van der Waals surface area contributed by atoms with E-state index in [1.165, 1.54) is 28.2 Å². The molecule has 1 aromatic rings. The smallest absolute Gasteiger partial charge is 0.310 e. The molecule has 4 heteroatoms. The van der Waals surface area contributed by atoms with Crippen molar-refractivity contribution in [1.82, 2.24) is 5.32 Å². The van der Waals surface area contributed by atoms with Gasteiger partial charge >= 0.3 is 5.97 Å². The van der Waals surface area contributed by atoms with Crippen molar-refractivity contribution in [3.05, 3.63) is 32.9 Å². The van der Waals surface area contributed by atoms with Crippen LogP contribution in [0.15, 0.2) is 18.2 Å². The van der Waals surface area contributed by atoms with E-state index >= 15 is 0 Å². The summed E-state index contributed by atoms with van der Waals surface area (Å²) in [5, 5.41) is 3.59. The molecule has 3 unspecified atom stereocenters. The van der Waals surface area contributed by atoms with Crippen LogP contribution in [0.3, 0.4) is 0 Å². The van der Waals surface area contributed by atoms with Crippen molar-refractivity contribution in [3.63, 3.8) is 0 Å². The number of esters is 1. The molecule has 2 bridgehead atoms. The average molecular weight is 399 g/mol. The molecule has 2 saturated heterocycles. The lowest BCUT2D eigenvalue weighted by atomic mass is 9.77. The number of nitrogens with one attached hydrogen (secondary N) is 1. The molecule has 2 heterocycles. The topological polar surface area (TPSA) is 38.3 Å². The summed E-state index contributed by atoms with van der Waals surface area (Å²) < 4.78 is 6.39. The highest BCUT2D eigenvalue weighted by Gasteiger charge is 2.46. The molecule has 0 aromatic heterocycles. The first-order valence-electron chi connectivity index (χ1n) is 7.76. The van der Waals surface area contributed by atoms with Gasteiger partial charge in [0.05, 0.1) is 13.0 Å². The summed E-state index contributed by atoms with van der Waals surface area (Å²) in [5.41, 5.74) is 2.68. The van der Waals surface area contributed by atoms with Gasteiger partial charge in [0.2, 0.25) is 0 Å². The second-order valence-corrected chi connectivity index (χ2v) is 7.31. The monoisotopic (exact) mass is 399 g/mol. The Morgan fingerprint density at radius 1 is 1.43 bits per heavy atom. The number of fused-ring (bicyclic) bond motifs is 2. The Morgan fingerprint density at radius 2 is 2.24 bits per heavy atom. The zero-order valence-corrected chi connectivity index (χ0v) is 14.7. The van der Waals surface area contributed by atoms with Crippen molar-refractivity contribution in [1.29, 1.82) is 0 Å². The summed E-state index contributed by atoms with van der Waals surface area (Å²) in [4.78, 5) is 12.3. The maximum atomic E-state index is 12.3. The van der Waals surface area contributed by atoms with Gasteiger partial charge in [-0.15, -0.1) is 0 Å². The van der Waals surface area contributed by atoms with Crippen molar-refractivity contribution < 1.29 is 9.53 Å². The van der Waals surface area contributed by atoms with Gasteiger partial charge in [0.1, 0.15) is 0 Å². The van der Waals surface area contributed by atoms with Crippen LogP contribution >= 0.6 is 22.6 Å². The third-order valence-corrected chi connectivity index (χ3v) is 6.05. The van der Waals surface area contributed by atoms with E-state index in [9.17, 15) is 4.79 Å². The van der Waals surface area contributed by atoms with Gasteiger partial charge in [-0.1, -0.05) is 19.1 Å². The van der Waals surface area contributed by atoms with Crippen molar-refractivity contribution >= 4 is 28.6 Å². The molecule has 0 radical (unpaired) electrons. The zero-order valence-electron chi connectivity index (χ0n) is 12.6. The van der Waals surface area contributed by atoms with E-state index in [1.807, 2.05) is 0 Å². The molecule has 2 aliphatic heterocycles. The molecule has 114 valence electrons. The Morgan fingerprint density at radius 3 is 2.90 bits per heavy atom. The molecule has 2 aliphatic rings. The second kappa shape index (κ2) is 6.24. The molecule has 4 atom stereocenters. The highest BCUT2D eigenvalue weighted by molar-refractivity contribution is 14.1. The summed E-state index contributed by atoms with van der Waals surface area (Å²) >= 11 is 2.41. The first-order valence-corrected chi connectivity index (χ1v) is 8.84. The van der Waals surface area contributed by atoms with Gasteiger partial charge in [-0.2, -0.15) is 0 Å². The molecule has 0 saturated carbocycles. The van der Waals surface area contributed by atoms with Gasteiger partial charge in [0.25, 0.3) is 0 Å². The van der Waals surface area contributed by atoms with Crippen LogP contribution in [0.25, 0.3) is 0 Å². The van der Waals surface area contributed by atoms with E-state index in [1.54, 1.807) is 0 Å². The standard InChI is InChI=1S/C17H22INO2/c1-3-10-4-5-11(8-14(10)18)13-9-12-6-7-15(19-12)16(13)17(20)21-2/h4-5,8,12-13,15-16,19H,3,6-7,9H2,1-2H3/t12?,13-,15?,16?/m1/s1. The van der Waals surface area contributed by atoms with Gasteiger partial charge in [0.15, 0.2) is 0 Å². The number of carbonyl (C=O) groups excluding carboxylic acids is 1. The highest BCUT2D eigenvalue weighted by atomic mass is 127. The number of aryl methyl sites for hydroxylation is 1. The fraction of sp³-hybridized carbons (Fsp3) is 0.588. The fourth-order valence-corrected chi connectivity index (χ4v) is 4.86. The van der Waals surface area contributed by atoms with E-state index in [2.05, 4.69) is 53.0 Å². The average Bonchev–Trinajstić information content (AvgIpc) is 2.87. The molecule has 1 aromatic carbocycles. The van der Waals surface area contributed by atoms with Crippen molar-refractivity contribution in [3.8, 4) is 0 Å². The normalized spacial score (nSPS) is 31.2. The number of hydrogen-bond acceptors (Lipinski definition) is 3. The lowest BCUT2D eigenvalue weighted by Crippen LogP contribution is -2.48. The van der Waals surface area contributed by atoms with E-state index in [0.717, 1.165) is 19.3 Å². The third-order valence-electron chi connectivity index (χ3n) is 5.04. The zero-order chi connectivity index (χ0) is 15.0. The molecule has 2 fully saturated rings. The van der Waals surface area contributed by atoms with Gasteiger partial charge in [0, 0.05) is 21.6 Å². The molecule has 3 nitrogen and oxygen atoms in total. The van der Waals surface area contributed by atoms with Crippen LogP contribution in [0.1, 0.15) is 43.2 Å². The minimum Gasteiger partial charge on any atom is -0.469 e. The summed E-state index contributed by atoms with van der Waals surface area (Å²) in [7, 11) is 1.50. The first kappa shape index (κ1) is 15.3. The van der Waals surface area contributed by atoms with Crippen LogP contribution in [0.2, 0.25) is 0 Å². The molecule has 1 N–H and O–H groups in total. The number of benzene rings is 1. The van der Waals surface area contributed by atoms with E-state index in [-0.39, 0.29) is 23.8 Å². The van der Waals surface area contributed by atoms with Crippen molar-refractivity contribution in [2.75, 3.05) is 7.11 Å². The van der Waals surface area contributed by atoms with Gasteiger partial charge < -0.3 is 10.1 Å². The van der Waals surface area contributed by atoms with E-state index in [4.69, 9.17) is 4.74 Å². The third kappa shape index (κ3) is 2.84. The number of piperidine rings is 1. The van der Waals surface area contributed by atoms with Crippen LogP contribution in [0.4, 0.5) is 0 Å². The molecule has 3 rings (SSSR count). The van der Waals surface area contributed by atoms with Crippen LogP contribution in [-0.4, -0.2) is 25.2 Å². The van der Waals surface area contributed by atoms with Gasteiger partial charge in [-0.3, -0.25) is 4.79 Å². The van der Waals surface area contributed by atoms with E-state index < -0.39 is 0 Å². The number of rotatable bonds is 3. The summed E-state index contributed by atoms with van der Waals surface area (Å²) in [6, 6.07) is 7.54. The Balaban J connectivity index is 1.94. The Labute approximate surface area is 140 Å². The molecular weight excluding hydrogens is 377 g/mol. The van der Waals surface area contributed by atoms with Crippen molar-refractivity contribution in [2.24, 2.45) is 5.92 Å². The predicted molar refractivity (Wildman–Crippen MR) is 91.3 cm³/mol. The second-order valence-electron chi connectivity index (χ2n) is 6.14. The minimum atomic E-state index is -0.0626. The molecule has 21 heavy (non-hydrogen) atoms. The largest absolute Gasteiger partial charge is 0.469 e. The minimum absolute atomic E-state index is 0.0444. The van der Waals surface area contributed by atoms with Crippen LogP contribution in [-0.2, 0) is 16.0 Å². The number of halogens is 1. The first-order chi connectivity index (χ1) is 10.1. The van der Waals surface area contributed by atoms with Crippen LogP contribution in [0.5, 0.6) is 0 Å². The predicted octanol–water partition coefficient (Wildman–Crippen LogP) is 3.25. The van der Waals surface area contributed by atoms with Gasteiger partial charge in [-0.05, 0) is 65.5 Å². The van der Waals surface area contributed by atoms with Crippen molar-refractivity contribution in [2.45, 2.75) is 50.6 Å². The maximum Gasteiger partial charge on any atom is 0.310 e. The highest BCUT2D eigenvalue weighted by Crippen LogP contribution is 2.42.